The van der Waals surface area contributed by atoms with Crippen molar-refractivity contribution in [1.29, 1.82) is 10.5 Å². The lowest BCUT2D eigenvalue weighted by Crippen LogP contribution is -2.31. The highest BCUT2D eigenvalue weighted by Crippen LogP contribution is 2.45. The van der Waals surface area contributed by atoms with Crippen LogP contribution in [0.2, 0.25) is 5.02 Å². The molecule has 1 saturated carbocycles. The van der Waals surface area contributed by atoms with E-state index < -0.39 is 0 Å². The van der Waals surface area contributed by atoms with Gasteiger partial charge in [0.15, 0.2) is 11.5 Å². The summed E-state index contributed by atoms with van der Waals surface area (Å²) < 4.78 is 1.54. The SMILES string of the molecule is CC1CC2(CCNC2)CN1c1cc(C#N)cc(Nc2nn3c(NC4CC4)ncnc3c2C#N)c1Cl. The maximum atomic E-state index is 9.89. The molecule has 11 heteroatoms. The molecule has 10 nitrogen and oxygen atoms in total. The topological polar surface area (TPSA) is 130 Å². The highest BCUT2D eigenvalue weighted by atomic mass is 35.5. The molecule has 1 spiro atoms. The zero-order valence-electron chi connectivity index (χ0n) is 19.3. The third kappa shape index (κ3) is 3.79. The molecule has 35 heavy (non-hydrogen) atoms. The number of aromatic nitrogens is 4. The summed E-state index contributed by atoms with van der Waals surface area (Å²) in [5.74, 6) is 0.863. The van der Waals surface area contributed by atoms with E-state index in [1.807, 2.05) is 6.07 Å². The largest absolute Gasteiger partial charge is 0.367 e. The first kappa shape index (κ1) is 21.9. The molecule has 3 aliphatic rings. The maximum absolute atomic E-state index is 9.89. The van der Waals surface area contributed by atoms with Gasteiger partial charge in [-0.25, -0.2) is 9.97 Å². The van der Waals surface area contributed by atoms with E-state index in [4.69, 9.17) is 11.6 Å². The van der Waals surface area contributed by atoms with Gasteiger partial charge in [-0.05, 0) is 51.3 Å². The van der Waals surface area contributed by atoms with E-state index in [1.165, 1.54) is 6.33 Å². The molecule has 2 unspecified atom stereocenters. The van der Waals surface area contributed by atoms with Gasteiger partial charge in [0.25, 0.3) is 0 Å². The molecular weight excluding hydrogens is 464 g/mol. The highest BCUT2D eigenvalue weighted by molar-refractivity contribution is 6.36. The molecule has 3 aromatic rings. The number of hydrogen-bond acceptors (Lipinski definition) is 9. The number of nitrogens with one attached hydrogen (secondary N) is 3. The molecule has 6 rings (SSSR count). The molecule has 2 saturated heterocycles. The monoisotopic (exact) mass is 488 g/mol. The average Bonchev–Trinajstić information content (AvgIpc) is 3.29. The van der Waals surface area contributed by atoms with Crippen LogP contribution in [0.5, 0.6) is 0 Å². The number of anilines is 4. The predicted molar refractivity (Wildman–Crippen MR) is 133 cm³/mol. The number of nitriles is 2. The summed E-state index contributed by atoms with van der Waals surface area (Å²) in [6, 6.07) is 8.66. The van der Waals surface area contributed by atoms with Gasteiger partial charge in [-0.2, -0.15) is 15.0 Å². The molecule has 2 aromatic heterocycles. The van der Waals surface area contributed by atoms with Crippen molar-refractivity contribution in [2.24, 2.45) is 5.41 Å². The summed E-state index contributed by atoms with van der Waals surface area (Å²) in [4.78, 5) is 10.9. The molecule has 0 radical (unpaired) electrons. The normalized spacial score (nSPS) is 23.5. The van der Waals surface area contributed by atoms with E-state index in [9.17, 15) is 10.5 Å². The Morgan fingerprint density at radius 1 is 1.23 bits per heavy atom. The van der Waals surface area contributed by atoms with Gasteiger partial charge >= 0.3 is 0 Å². The van der Waals surface area contributed by atoms with E-state index >= 15 is 0 Å². The lowest BCUT2D eigenvalue weighted by molar-refractivity contribution is 0.359. The van der Waals surface area contributed by atoms with Crippen LogP contribution < -0.4 is 20.9 Å². The van der Waals surface area contributed by atoms with Crippen molar-refractivity contribution in [1.82, 2.24) is 24.9 Å². The summed E-state index contributed by atoms with van der Waals surface area (Å²) >= 11 is 6.94. The molecular formula is C24H25ClN10. The first-order chi connectivity index (χ1) is 17.0. The highest BCUT2D eigenvalue weighted by Gasteiger charge is 2.44. The van der Waals surface area contributed by atoms with Crippen LogP contribution >= 0.6 is 11.6 Å². The molecule has 3 N–H and O–H groups in total. The molecule has 2 atom stereocenters. The number of fused-ring (bicyclic) bond motifs is 1. The fourth-order valence-electron chi connectivity index (χ4n) is 5.42. The van der Waals surface area contributed by atoms with Crippen LogP contribution in [0.3, 0.4) is 0 Å². The second-order valence-electron chi connectivity index (χ2n) is 9.89. The van der Waals surface area contributed by atoms with Gasteiger partial charge in [-0.1, -0.05) is 11.6 Å². The van der Waals surface area contributed by atoms with Gasteiger partial charge < -0.3 is 20.9 Å². The first-order valence-corrected chi connectivity index (χ1v) is 12.3. The van der Waals surface area contributed by atoms with Crippen molar-refractivity contribution < 1.29 is 0 Å². The average molecular weight is 489 g/mol. The standard InChI is InChI=1S/C24H25ClN10/c1-14-8-24(4-5-28-11-24)12-34(14)19-7-15(9-26)6-18(20(19)25)32-21-17(10-27)22-29-13-30-23(35(22)33-21)31-16-2-3-16/h6-7,13-14,16,28H,2-5,8,11-12H2,1H3,(H,32,33)(H,29,30,31). The van der Waals surface area contributed by atoms with Crippen LogP contribution in [0.25, 0.3) is 5.65 Å². The third-order valence-electron chi connectivity index (χ3n) is 7.29. The van der Waals surface area contributed by atoms with Crippen LogP contribution in [0, 0.1) is 28.1 Å². The van der Waals surface area contributed by atoms with Crippen LogP contribution in [0.4, 0.5) is 23.1 Å². The zero-order chi connectivity index (χ0) is 24.2. The van der Waals surface area contributed by atoms with Crippen molar-refractivity contribution in [2.45, 2.75) is 44.7 Å². The predicted octanol–water partition coefficient (Wildman–Crippen LogP) is 3.42. The summed E-state index contributed by atoms with van der Waals surface area (Å²) in [6.45, 7) is 5.13. The van der Waals surface area contributed by atoms with E-state index in [0.29, 0.717) is 45.8 Å². The first-order valence-electron chi connectivity index (χ1n) is 11.9. The van der Waals surface area contributed by atoms with Gasteiger partial charge in [0.2, 0.25) is 5.95 Å². The number of hydrogen-bond donors (Lipinski definition) is 3. The van der Waals surface area contributed by atoms with E-state index in [1.54, 1.807) is 10.6 Å². The summed E-state index contributed by atoms with van der Waals surface area (Å²) in [5, 5.41) is 34.8. The lowest BCUT2D eigenvalue weighted by atomic mass is 9.85. The van der Waals surface area contributed by atoms with Gasteiger partial charge in [-0.3, -0.25) is 0 Å². The van der Waals surface area contributed by atoms with Crippen LogP contribution in [0.15, 0.2) is 18.5 Å². The zero-order valence-corrected chi connectivity index (χ0v) is 20.1. The summed E-state index contributed by atoms with van der Waals surface area (Å²) in [7, 11) is 0. The Morgan fingerprint density at radius 3 is 2.80 bits per heavy atom. The van der Waals surface area contributed by atoms with Gasteiger partial charge in [0, 0.05) is 30.6 Å². The Bertz CT molecular complexity index is 1390. The molecule has 178 valence electrons. The minimum atomic E-state index is 0.234. The number of nitrogens with zero attached hydrogens (tertiary/aromatic N) is 7. The third-order valence-corrected chi connectivity index (χ3v) is 7.68. The summed E-state index contributed by atoms with van der Waals surface area (Å²) in [5.41, 5.74) is 2.77. The van der Waals surface area contributed by atoms with Crippen molar-refractivity contribution >= 4 is 40.4 Å². The number of halogens is 1. The lowest BCUT2D eigenvalue weighted by Gasteiger charge is -2.27. The molecule has 3 fully saturated rings. The van der Waals surface area contributed by atoms with Gasteiger partial charge in [0.1, 0.15) is 18.0 Å². The Kier molecular flexibility index (Phi) is 5.17. The van der Waals surface area contributed by atoms with E-state index in [2.05, 4.69) is 55.0 Å². The minimum Gasteiger partial charge on any atom is -0.367 e. The molecule has 4 heterocycles. The minimum absolute atomic E-state index is 0.234. The second-order valence-corrected chi connectivity index (χ2v) is 10.3. The van der Waals surface area contributed by atoms with E-state index in [0.717, 1.165) is 51.0 Å². The van der Waals surface area contributed by atoms with Crippen molar-refractivity contribution in [3.8, 4) is 12.1 Å². The maximum Gasteiger partial charge on any atom is 0.227 e. The smallest absolute Gasteiger partial charge is 0.227 e. The Morgan fingerprint density at radius 2 is 2.09 bits per heavy atom. The molecule has 0 amide bonds. The Labute approximate surface area is 207 Å². The molecule has 2 aliphatic heterocycles. The Balaban J connectivity index is 1.39. The Hall–Kier alpha value is -3.60. The van der Waals surface area contributed by atoms with Crippen LogP contribution in [-0.2, 0) is 0 Å². The number of rotatable bonds is 5. The van der Waals surface area contributed by atoms with E-state index in [-0.39, 0.29) is 11.0 Å². The molecule has 1 aliphatic carbocycles. The number of benzene rings is 1. The fraction of sp³-hybridized carbons (Fsp3) is 0.458. The molecule has 1 aromatic carbocycles. The van der Waals surface area contributed by atoms with Crippen molar-refractivity contribution in [3.63, 3.8) is 0 Å². The fourth-order valence-corrected chi connectivity index (χ4v) is 5.68. The van der Waals surface area contributed by atoms with Gasteiger partial charge in [-0.15, -0.1) is 5.10 Å². The molecule has 0 bridgehead atoms. The van der Waals surface area contributed by atoms with Crippen molar-refractivity contribution in [2.75, 3.05) is 35.2 Å². The van der Waals surface area contributed by atoms with Gasteiger partial charge in [0.05, 0.1) is 28.0 Å². The summed E-state index contributed by atoms with van der Waals surface area (Å²) in [6.07, 6.45) is 5.80. The van der Waals surface area contributed by atoms with Crippen LogP contribution in [0.1, 0.15) is 43.7 Å². The van der Waals surface area contributed by atoms with Crippen molar-refractivity contribution in [3.05, 3.63) is 34.6 Å². The van der Waals surface area contributed by atoms with Crippen LogP contribution in [-0.4, -0.2) is 51.3 Å². The quantitative estimate of drug-likeness (QED) is 0.494. The second kappa shape index (κ2) is 8.26.